The first-order chi connectivity index (χ1) is 19.3. The zero-order chi connectivity index (χ0) is 25.8. The minimum Gasteiger partial charge on any atom is -0.278 e. The van der Waals surface area contributed by atoms with Gasteiger partial charge in [0.2, 0.25) is 0 Å². The van der Waals surface area contributed by atoms with Crippen molar-refractivity contribution in [3.05, 3.63) is 122 Å². The molecule has 182 valence electrons. The second kappa shape index (κ2) is 8.53. The third kappa shape index (κ3) is 3.39. The molecule has 0 bridgehead atoms. The molecule has 0 atom stereocenters. The van der Waals surface area contributed by atoms with E-state index in [9.17, 15) is 0 Å². The van der Waals surface area contributed by atoms with Crippen LogP contribution in [0.3, 0.4) is 0 Å². The zero-order valence-corrected chi connectivity index (χ0v) is 20.7. The van der Waals surface area contributed by atoms with E-state index in [1.54, 1.807) is 6.20 Å². The first-order valence-electron chi connectivity index (χ1n) is 12.8. The molecular formula is C33H20N6. The van der Waals surface area contributed by atoms with Crippen LogP contribution in [0.15, 0.2) is 122 Å². The topological polar surface area (TPSA) is 69.4 Å². The average molecular weight is 501 g/mol. The standard InChI is InChI=1S/C33H20N6/c1-2-9-21(10-3-1)29-25-17-15-22-16-18-28(36-30(22)31(25)38-32(37-29)26-13-6-7-19-34-26)39-27-14-5-4-11-23(27)24-12-8-20-35-33(24)39/h1-20H. The lowest BCUT2D eigenvalue weighted by Crippen LogP contribution is -2.01. The molecule has 0 spiro atoms. The van der Waals surface area contributed by atoms with Gasteiger partial charge in [-0.1, -0.05) is 60.7 Å². The molecule has 0 aliphatic rings. The number of fused-ring (bicyclic) bond motifs is 6. The van der Waals surface area contributed by atoms with Gasteiger partial charge in [0.15, 0.2) is 5.82 Å². The maximum absolute atomic E-state index is 5.23. The van der Waals surface area contributed by atoms with Crippen LogP contribution in [0, 0.1) is 0 Å². The number of pyridine rings is 3. The zero-order valence-electron chi connectivity index (χ0n) is 20.7. The summed E-state index contributed by atoms with van der Waals surface area (Å²) in [5.41, 5.74) is 6.13. The fourth-order valence-corrected chi connectivity index (χ4v) is 5.34. The number of benzene rings is 3. The molecule has 5 aromatic heterocycles. The molecule has 0 N–H and O–H groups in total. The maximum atomic E-state index is 5.23. The Balaban J connectivity index is 1.47. The van der Waals surface area contributed by atoms with Gasteiger partial charge in [-0.25, -0.2) is 19.9 Å². The highest BCUT2D eigenvalue weighted by Gasteiger charge is 2.17. The minimum atomic E-state index is 0.570. The summed E-state index contributed by atoms with van der Waals surface area (Å²) >= 11 is 0. The van der Waals surface area contributed by atoms with E-state index in [0.29, 0.717) is 5.82 Å². The molecule has 8 aromatic rings. The predicted molar refractivity (Wildman–Crippen MR) is 156 cm³/mol. The van der Waals surface area contributed by atoms with Crippen molar-refractivity contribution >= 4 is 43.7 Å². The van der Waals surface area contributed by atoms with E-state index in [1.165, 1.54) is 0 Å². The van der Waals surface area contributed by atoms with Gasteiger partial charge in [-0.05, 0) is 48.5 Å². The fraction of sp³-hybridized carbons (Fsp3) is 0. The van der Waals surface area contributed by atoms with Crippen LogP contribution in [-0.2, 0) is 0 Å². The molecule has 5 heterocycles. The molecule has 0 radical (unpaired) electrons. The van der Waals surface area contributed by atoms with Crippen LogP contribution in [0.25, 0.3) is 72.3 Å². The molecule has 0 saturated carbocycles. The van der Waals surface area contributed by atoms with E-state index in [-0.39, 0.29) is 0 Å². The molecule has 0 saturated heterocycles. The third-order valence-corrected chi connectivity index (χ3v) is 7.12. The summed E-state index contributed by atoms with van der Waals surface area (Å²) in [7, 11) is 0. The van der Waals surface area contributed by atoms with Crippen LogP contribution in [0.1, 0.15) is 0 Å². The number of rotatable bonds is 3. The molecule has 0 unspecified atom stereocenters. The lowest BCUT2D eigenvalue weighted by Gasteiger charge is -2.12. The van der Waals surface area contributed by atoms with E-state index in [2.05, 4.69) is 64.1 Å². The highest BCUT2D eigenvalue weighted by Crippen LogP contribution is 2.34. The summed E-state index contributed by atoms with van der Waals surface area (Å²) < 4.78 is 2.13. The second-order valence-corrected chi connectivity index (χ2v) is 9.41. The monoisotopic (exact) mass is 500 g/mol. The summed E-state index contributed by atoms with van der Waals surface area (Å²) in [5, 5.41) is 4.19. The predicted octanol–water partition coefficient (Wildman–Crippen LogP) is 7.40. The summed E-state index contributed by atoms with van der Waals surface area (Å²) in [6.45, 7) is 0. The molecule has 6 nitrogen and oxygen atoms in total. The van der Waals surface area contributed by atoms with Crippen LogP contribution in [-0.4, -0.2) is 29.5 Å². The van der Waals surface area contributed by atoms with Crippen molar-refractivity contribution in [2.24, 2.45) is 0 Å². The molecule has 3 aromatic carbocycles. The summed E-state index contributed by atoms with van der Waals surface area (Å²) in [5.74, 6) is 1.36. The van der Waals surface area contributed by atoms with E-state index in [4.69, 9.17) is 19.9 Å². The van der Waals surface area contributed by atoms with Crippen molar-refractivity contribution in [1.82, 2.24) is 29.5 Å². The van der Waals surface area contributed by atoms with Crippen LogP contribution in [0.4, 0.5) is 0 Å². The molecule has 0 amide bonds. The summed E-state index contributed by atoms with van der Waals surface area (Å²) in [6, 6.07) is 36.7. The fourth-order valence-electron chi connectivity index (χ4n) is 5.34. The van der Waals surface area contributed by atoms with E-state index in [0.717, 1.165) is 66.5 Å². The highest BCUT2D eigenvalue weighted by atomic mass is 15.1. The SMILES string of the molecule is c1ccc(-c2nc(-c3ccccn3)nc3c2ccc2ccc(-n4c5ccccc5c5cccnc54)nc23)cc1. The van der Waals surface area contributed by atoms with Crippen LogP contribution in [0.5, 0.6) is 0 Å². The Kier molecular flexibility index (Phi) is 4.72. The first-order valence-corrected chi connectivity index (χ1v) is 12.8. The Labute approximate surface area is 223 Å². The van der Waals surface area contributed by atoms with Crippen molar-refractivity contribution < 1.29 is 0 Å². The molecule has 0 fully saturated rings. The Morgan fingerprint density at radius 2 is 1.31 bits per heavy atom. The number of aromatic nitrogens is 6. The lowest BCUT2D eigenvalue weighted by molar-refractivity contribution is 1.07. The largest absolute Gasteiger partial charge is 0.278 e. The number of hydrogen-bond donors (Lipinski definition) is 0. The Morgan fingerprint density at radius 3 is 2.21 bits per heavy atom. The van der Waals surface area contributed by atoms with Gasteiger partial charge >= 0.3 is 0 Å². The molecule has 8 rings (SSSR count). The first kappa shape index (κ1) is 21.6. The van der Waals surface area contributed by atoms with Crippen molar-refractivity contribution in [1.29, 1.82) is 0 Å². The van der Waals surface area contributed by atoms with Gasteiger partial charge in [0.05, 0.1) is 16.7 Å². The maximum Gasteiger partial charge on any atom is 0.179 e. The third-order valence-electron chi connectivity index (χ3n) is 7.12. The van der Waals surface area contributed by atoms with Gasteiger partial charge < -0.3 is 0 Å². The molecule has 39 heavy (non-hydrogen) atoms. The molecule has 0 aliphatic heterocycles. The highest BCUT2D eigenvalue weighted by molar-refractivity contribution is 6.10. The van der Waals surface area contributed by atoms with E-state index >= 15 is 0 Å². The average Bonchev–Trinajstić information content (AvgIpc) is 3.35. The van der Waals surface area contributed by atoms with Crippen molar-refractivity contribution in [2.45, 2.75) is 0 Å². The normalized spacial score (nSPS) is 11.6. The van der Waals surface area contributed by atoms with Crippen LogP contribution >= 0.6 is 0 Å². The quantitative estimate of drug-likeness (QED) is 0.236. The molecular weight excluding hydrogens is 480 g/mol. The summed E-state index contributed by atoms with van der Waals surface area (Å²) in [6.07, 6.45) is 3.59. The molecule has 0 aliphatic carbocycles. The Hall–Kier alpha value is -5.49. The van der Waals surface area contributed by atoms with Gasteiger partial charge in [0.1, 0.15) is 22.7 Å². The van der Waals surface area contributed by atoms with Gasteiger partial charge in [-0.15, -0.1) is 0 Å². The van der Waals surface area contributed by atoms with Gasteiger partial charge in [-0.2, -0.15) is 0 Å². The van der Waals surface area contributed by atoms with Crippen LogP contribution in [0.2, 0.25) is 0 Å². The smallest absolute Gasteiger partial charge is 0.179 e. The van der Waals surface area contributed by atoms with E-state index < -0.39 is 0 Å². The van der Waals surface area contributed by atoms with Gasteiger partial charge in [0, 0.05) is 39.5 Å². The number of nitrogens with zero attached hydrogens (tertiary/aromatic N) is 6. The minimum absolute atomic E-state index is 0.570. The summed E-state index contributed by atoms with van der Waals surface area (Å²) in [4.78, 5) is 24.5. The molecule has 6 heteroatoms. The van der Waals surface area contributed by atoms with Crippen molar-refractivity contribution in [2.75, 3.05) is 0 Å². The Bertz CT molecular complexity index is 2120. The lowest BCUT2D eigenvalue weighted by atomic mass is 10.0. The Morgan fingerprint density at radius 1 is 0.513 bits per heavy atom. The van der Waals surface area contributed by atoms with Crippen LogP contribution < -0.4 is 0 Å². The van der Waals surface area contributed by atoms with Crippen molar-refractivity contribution in [3.63, 3.8) is 0 Å². The van der Waals surface area contributed by atoms with Gasteiger partial charge in [0.25, 0.3) is 0 Å². The number of para-hydroxylation sites is 1. The van der Waals surface area contributed by atoms with Gasteiger partial charge in [-0.3, -0.25) is 9.55 Å². The van der Waals surface area contributed by atoms with E-state index in [1.807, 2.05) is 60.8 Å². The number of hydrogen-bond acceptors (Lipinski definition) is 5. The second-order valence-electron chi connectivity index (χ2n) is 9.41. The van der Waals surface area contributed by atoms with Crippen molar-refractivity contribution in [3.8, 4) is 28.6 Å².